The monoisotopic (exact) mass is 196 g/mol. The molecule has 2 aliphatic carbocycles. The van der Waals surface area contributed by atoms with E-state index in [9.17, 15) is 4.79 Å². The number of primary amides is 1. The molecule has 80 valence electrons. The maximum Gasteiger partial charge on any atom is 0.222 e. The Morgan fingerprint density at radius 2 is 1.86 bits per heavy atom. The zero-order valence-electron chi connectivity index (χ0n) is 9.21. The molecule has 0 unspecified atom stereocenters. The summed E-state index contributed by atoms with van der Waals surface area (Å²) in [6.45, 7) is 6.50. The third kappa shape index (κ3) is 1.18. The zero-order valence-corrected chi connectivity index (χ0v) is 9.21. The molecule has 0 aliphatic heterocycles. The molecule has 2 aliphatic rings. The van der Waals surface area contributed by atoms with Crippen LogP contribution in [0.5, 0.6) is 0 Å². The van der Waals surface area contributed by atoms with Crippen LogP contribution >= 0.6 is 0 Å². The smallest absolute Gasteiger partial charge is 0.222 e. The molecule has 1 amide bonds. The van der Waals surface area contributed by atoms with E-state index in [2.05, 4.69) is 13.8 Å². The average molecular weight is 196 g/mol. The first-order chi connectivity index (χ1) is 6.27. The van der Waals surface area contributed by atoms with E-state index in [0.717, 1.165) is 12.8 Å². The number of nitrogens with two attached hydrogens (primary N) is 2. The average Bonchev–Trinajstić information content (AvgIpc) is 2.49. The summed E-state index contributed by atoms with van der Waals surface area (Å²) in [4.78, 5) is 11.3. The Bertz CT molecular complexity index is 283. The molecule has 2 fully saturated rings. The molecule has 0 aromatic heterocycles. The third-order valence-corrected chi connectivity index (χ3v) is 4.58. The van der Waals surface area contributed by atoms with E-state index in [1.807, 2.05) is 6.92 Å². The number of fused-ring (bicyclic) bond motifs is 1. The van der Waals surface area contributed by atoms with Gasteiger partial charge in [-0.2, -0.15) is 0 Å². The summed E-state index contributed by atoms with van der Waals surface area (Å²) >= 11 is 0. The quantitative estimate of drug-likeness (QED) is 0.653. The molecule has 3 nitrogen and oxygen atoms in total. The molecular weight excluding hydrogens is 176 g/mol. The number of hydrogen-bond donors (Lipinski definition) is 2. The van der Waals surface area contributed by atoms with Crippen molar-refractivity contribution < 1.29 is 4.79 Å². The van der Waals surface area contributed by atoms with E-state index in [0.29, 0.717) is 17.3 Å². The fourth-order valence-corrected chi connectivity index (χ4v) is 3.31. The second-order valence-corrected chi connectivity index (χ2v) is 5.93. The van der Waals surface area contributed by atoms with Crippen LogP contribution < -0.4 is 11.5 Å². The second kappa shape index (κ2) is 2.51. The summed E-state index contributed by atoms with van der Waals surface area (Å²) in [5.74, 6) is 1.01. The normalized spacial score (nSPS) is 49.6. The van der Waals surface area contributed by atoms with Crippen molar-refractivity contribution in [2.45, 2.75) is 39.2 Å². The van der Waals surface area contributed by atoms with Crippen molar-refractivity contribution in [1.82, 2.24) is 0 Å². The fraction of sp³-hybridized carbons (Fsp3) is 0.909. The van der Waals surface area contributed by atoms with Crippen LogP contribution in [0.2, 0.25) is 0 Å². The van der Waals surface area contributed by atoms with Gasteiger partial charge in [-0.3, -0.25) is 4.79 Å². The number of amides is 1. The fourth-order valence-electron chi connectivity index (χ4n) is 3.31. The molecule has 4 atom stereocenters. The summed E-state index contributed by atoms with van der Waals surface area (Å²) in [6, 6.07) is 0. The number of rotatable bonds is 1. The molecule has 14 heavy (non-hydrogen) atoms. The minimum absolute atomic E-state index is 0.134. The van der Waals surface area contributed by atoms with Crippen LogP contribution in [0.4, 0.5) is 0 Å². The van der Waals surface area contributed by atoms with E-state index in [1.165, 1.54) is 0 Å². The lowest BCUT2D eigenvalue weighted by atomic mass is 9.74. The van der Waals surface area contributed by atoms with Gasteiger partial charge >= 0.3 is 0 Å². The van der Waals surface area contributed by atoms with Crippen molar-refractivity contribution in [3.63, 3.8) is 0 Å². The minimum Gasteiger partial charge on any atom is -0.369 e. The second-order valence-electron chi connectivity index (χ2n) is 5.93. The topological polar surface area (TPSA) is 69.1 Å². The lowest BCUT2D eigenvalue weighted by Gasteiger charge is -2.35. The molecule has 0 radical (unpaired) electrons. The molecule has 0 saturated heterocycles. The van der Waals surface area contributed by atoms with Gasteiger partial charge in [-0.05, 0) is 37.0 Å². The van der Waals surface area contributed by atoms with Gasteiger partial charge in [-0.1, -0.05) is 13.8 Å². The molecule has 0 bridgehead atoms. The van der Waals surface area contributed by atoms with Crippen molar-refractivity contribution >= 4 is 5.91 Å². The largest absolute Gasteiger partial charge is 0.369 e. The predicted octanol–water partition coefficient (Wildman–Crippen LogP) is 0.871. The molecule has 0 spiro atoms. The zero-order chi connectivity index (χ0) is 10.7. The highest BCUT2D eigenvalue weighted by Crippen LogP contribution is 2.67. The Hall–Kier alpha value is -0.570. The lowest BCUT2D eigenvalue weighted by molar-refractivity contribution is -0.124. The first-order valence-corrected chi connectivity index (χ1v) is 5.35. The summed E-state index contributed by atoms with van der Waals surface area (Å²) in [5, 5.41) is 0. The lowest BCUT2D eigenvalue weighted by Crippen LogP contribution is -2.52. The van der Waals surface area contributed by atoms with Gasteiger partial charge < -0.3 is 11.5 Å². The van der Waals surface area contributed by atoms with Crippen LogP contribution in [-0.4, -0.2) is 11.4 Å². The van der Waals surface area contributed by atoms with Gasteiger partial charge in [0.1, 0.15) is 0 Å². The Balaban J connectivity index is 2.19. The number of carbonyl (C=O) groups is 1. The molecule has 0 aromatic rings. The summed E-state index contributed by atoms with van der Waals surface area (Å²) in [5.41, 5.74) is 11.5. The summed E-state index contributed by atoms with van der Waals surface area (Å²) < 4.78 is 0. The molecule has 0 aromatic carbocycles. The first-order valence-electron chi connectivity index (χ1n) is 5.35. The van der Waals surface area contributed by atoms with Crippen molar-refractivity contribution in [3.05, 3.63) is 0 Å². The van der Waals surface area contributed by atoms with Crippen molar-refractivity contribution in [2.24, 2.45) is 34.6 Å². The van der Waals surface area contributed by atoms with Gasteiger partial charge in [0.2, 0.25) is 5.91 Å². The van der Waals surface area contributed by atoms with Crippen molar-refractivity contribution in [1.29, 1.82) is 0 Å². The summed E-state index contributed by atoms with van der Waals surface area (Å²) in [6.07, 6.45) is 1.83. The maximum atomic E-state index is 11.3. The highest BCUT2D eigenvalue weighted by Gasteiger charge is 2.64. The molecule has 0 heterocycles. The highest BCUT2D eigenvalue weighted by atomic mass is 16.1. The van der Waals surface area contributed by atoms with E-state index in [4.69, 9.17) is 11.5 Å². The number of carbonyl (C=O) groups excluding carboxylic acids is 1. The predicted molar refractivity (Wildman–Crippen MR) is 55.3 cm³/mol. The van der Waals surface area contributed by atoms with E-state index in [1.54, 1.807) is 0 Å². The molecule has 2 rings (SSSR count). The van der Waals surface area contributed by atoms with Gasteiger partial charge in [-0.15, -0.1) is 0 Å². The van der Waals surface area contributed by atoms with Gasteiger partial charge in [-0.25, -0.2) is 0 Å². The van der Waals surface area contributed by atoms with Gasteiger partial charge in [0, 0.05) is 5.54 Å². The SMILES string of the molecule is CC1(C)[C@@H]2C[C@@H](C(N)=O)[C@@](C)(N)C[C@@H]21. The van der Waals surface area contributed by atoms with E-state index < -0.39 is 0 Å². The van der Waals surface area contributed by atoms with Crippen LogP contribution in [0.25, 0.3) is 0 Å². The van der Waals surface area contributed by atoms with Crippen molar-refractivity contribution in [2.75, 3.05) is 0 Å². The molecule has 4 N–H and O–H groups in total. The Kier molecular flexibility index (Phi) is 1.79. The van der Waals surface area contributed by atoms with Crippen LogP contribution in [-0.2, 0) is 4.79 Å². The highest BCUT2D eigenvalue weighted by molar-refractivity contribution is 5.78. The Morgan fingerprint density at radius 1 is 1.29 bits per heavy atom. The van der Waals surface area contributed by atoms with Gasteiger partial charge in [0.15, 0.2) is 0 Å². The van der Waals surface area contributed by atoms with Crippen LogP contribution in [0, 0.1) is 23.2 Å². The van der Waals surface area contributed by atoms with Crippen molar-refractivity contribution in [3.8, 4) is 0 Å². The molecule has 2 saturated carbocycles. The Labute approximate surface area is 85.2 Å². The third-order valence-electron chi connectivity index (χ3n) is 4.58. The molecular formula is C11H20N2O. The standard InChI is InChI=1S/C11H20N2O/c1-10(2)6-4-7(9(12)14)11(3,13)5-8(6)10/h6-8H,4-5,13H2,1-3H3,(H2,12,14)/t6-,7+,8+,11+/m1/s1. The van der Waals surface area contributed by atoms with Crippen LogP contribution in [0.15, 0.2) is 0 Å². The number of hydrogen-bond acceptors (Lipinski definition) is 2. The summed E-state index contributed by atoms with van der Waals surface area (Å²) in [7, 11) is 0. The van der Waals surface area contributed by atoms with Crippen LogP contribution in [0.1, 0.15) is 33.6 Å². The van der Waals surface area contributed by atoms with E-state index >= 15 is 0 Å². The van der Waals surface area contributed by atoms with Crippen LogP contribution in [0.3, 0.4) is 0 Å². The molecule has 3 heteroatoms. The maximum absolute atomic E-state index is 11.3. The Morgan fingerprint density at radius 3 is 2.36 bits per heavy atom. The van der Waals surface area contributed by atoms with Gasteiger partial charge in [0.05, 0.1) is 5.92 Å². The first kappa shape index (κ1) is 9.97. The van der Waals surface area contributed by atoms with Gasteiger partial charge in [0.25, 0.3) is 0 Å². The van der Waals surface area contributed by atoms with E-state index in [-0.39, 0.29) is 17.4 Å². The minimum atomic E-state index is -0.388.